The molecule has 0 radical (unpaired) electrons. The molecule has 0 spiro atoms. The fourth-order valence-corrected chi connectivity index (χ4v) is 5.58. The number of ketones is 2. The highest BCUT2D eigenvalue weighted by Crippen LogP contribution is 2.31. The van der Waals surface area contributed by atoms with E-state index in [1.54, 1.807) is 49.6 Å². The second-order valence-electron chi connectivity index (χ2n) is 11.1. The van der Waals surface area contributed by atoms with Gasteiger partial charge >= 0.3 is 0 Å². The number of hydrogen-bond donors (Lipinski definition) is 1. The van der Waals surface area contributed by atoms with Crippen LogP contribution in [0, 0.1) is 11.7 Å². The first kappa shape index (κ1) is 33.1. The Morgan fingerprint density at radius 2 is 1.52 bits per heavy atom. The lowest BCUT2D eigenvalue weighted by molar-refractivity contribution is -0.122. The summed E-state index contributed by atoms with van der Waals surface area (Å²) >= 11 is 0. The van der Waals surface area contributed by atoms with Crippen LogP contribution in [0.15, 0.2) is 72.8 Å². The van der Waals surface area contributed by atoms with Gasteiger partial charge < -0.3 is 19.1 Å². The minimum absolute atomic E-state index is 0.0636. The largest absolute Gasteiger partial charge is 0.497 e. The van der Waals surface area contributed by atoms with E-state index in [9.17, 15) is 14.0 Å². The number of methoxy groups -OCH3 is 1. The number of halogens is 1. The zero-order chi connectivity index (χ0) is 31.1. The van der Waals surface area contributed by atoms with E-state index in [1.165, 1.54) is 6.07 Å². The topological polar surface area (TPSA) is 100 Å². The molecule has 0 saturated carbocycles. The van der Waals surface area contributed by atoms with Gasteiger partial charge in [0, 0.05) is 37.3 Å². The van der Waals surface area contributed by atoms with E-state index >= 15 is 0 Å². The molecule has 2 N–H and O–H groups in total. The number of rotatable bonds is 19. The van der Waals surface area contributed by atoms with Gasteiger partial charge in [-0.2, -0.15) is 0 Å². The molecular weight excluding hydrogens is 563 g/mol. The van der Waals surface area contributed by atoms with Gasteiger partial charge in [0.05, 0.1) is 7.11 Å². The maximum atomic E-state index is 13.7. The van der Waals surface area contributed by atoms with Gasteiger partial charge in [0.1, 0.15) is 36.6 Å². The van der Waals surface area contributed by atoms with Crippen molar-refractivity contribution in [2.45, 2.75) is 51.0 Å². The fourth-order valence-electron chi connectivity index (χ4n) is 5.58. The van der Waals surface area contributed by atoms with Crippen LogP contribution in [-0.4, -0.2) is 56.4 Å². The third-order valence-corrected chi connectivity index (χ3v) is 7.93. The van der Waals surface area contributed by atoms with Gasteiger partial charge in [0.15, 0.2) is 17.3 Å². The Bertz CT molecular complexity index is 1310. The predicted octanol–water partition coefficient (Wildman–Crippen LogP) is 6.34. The summed E-state index contributed by atoms with van der Waals surface area (Å²) in [4.78, 5) is 33.5. The molecule has 3 aromatic carbocycles. The minimum Gasteiger partial charge on any atom is -0.497 e. The number of ether oxygens (including phenoxy) is 3. The van der Waals surface area contributed by atoms with Crippen LogP contribution >= 0.6 is 0 Å². The first-order chi connectivity index (χ1) is 21.5. The molecule has 3 aromatic rings. The summed E-state index contributed by atoms with van der Waals surface area (Å²) in [6.45, 7) is 3.17. The maximum absolute atomic E-state index is 13.7. The number of carbonyl (C=O) groups excluding carboxylic acids is 2. The van der Waals surface area contributed by atoms with Crippen LogP contribution in [0.5, 0.6) is 17.2 Å². The van der Waals surface area contributed by atoms with Crippen molar-refractivity contribution >= 4 is 11.6 Å². The number of Topliss-reactive ketones (excluding diaryl/α,β-unsaturated/α-hetero) is 2. The lowest BCUT2D eigenvalue weighted by atomic mass is 9.89. The van der Waals surface area contributed by atoms with Crippen LogP contribution in [0.25, 0.3) is 0 Å². The van der Waals surface area contributed by atoms with Gasteiger partial charge in [-0.05, 0) is 92.9 Å². The number of unbranched alkanes of at least 4 members (excludes halogenated alkanes) is 1. The van der Waals surface area contributed by atoms with E-state index in [0.717, 1.165) is 38.0 Å². The van der Waals surface area contributed by atoms with Gasteiger partial charge in [0.25, 0.3) is 0 Å². The predicted molar refractivity (Wildman–Crippen MR) is 166 cm³/mol. The molecule has 0 bridgehead atoms. The first-order valence-corrected chi connectivity index (χ1v) is 15.3. The van der Waals surface area contributed by atoms with Crippen LogP contribution in [-0.2, 0) is 9.63 Å². The molecule has 0 amide bonds. The quantitative estimate of drug-likeness (QED) is 0.0959. The smallest absolute Gasteiger partial charge is 0.165 e. The molecule has 4 rings (SSSR count). The zero-order valence-electron chi connectivity index (χ0n) is 25.4. The molecular formula is C35H43FN2O6. The standard InChI is InChI=1S/C35H43FN2O6/c1-41-30-16-12-26(13-17-30)33(40)10-4-2-8-29(39)24-28(25-38-20-6-7-21-38)35(44-37)27-14-18-31(19-15-27)42-22-23-43-34-11-5-3-9-32(34)36/h3,5,9,11-19,28,35H,2,4,6-8,10,20-25,37H2,1H3/t28-,35-/m1/s1. The molecule has 1 aliphatic heterocycles. The zero-order valence-corrected chi connectivity index (χ0v) is 25.4. The highest BCUT2D eigenvalue weighted by molar-refractivity contribution is 5.96. The van der Waals surface area contributed by atoms with Crippen LogP contribution in [0.2, 0.25) is 0 Å². The van der Waals surface area contributed by atoms with Crippen molar-refractivity contribution < 1.29 is 33.0 Å². The second kappa shape index (κ2) is 17.5. The fraction of sp³-hybridized carbons (Fsp3) is 0.429. The highest BCUT2D eigenvalue weighted by Gasteiger charge is 2.29. The minimum atomic E-state index is -0.463. The van der Waals surface area contributed by atoms with Crippen LogP contribution in [0.1, 0.15) is 67.0 Å². The monoisotopic (exact) mass is 606 g/mol. The van der Waals surface area contributed by atoms with Crippen molar-refractivity contribution in [3.63, 3.8) is 0 Å². The van der Waals surface area contributed by atoms with Gasteiger partial charge in [-0.25, -0.2) is 10.3 Å². The molecule has 9 heteroatoms. The van der Waals surface area contributed by atoms with Crippen molar-refractivity contribution in [3.8, 4) is 17.2 Å². The second-order valence-corrected chi connectivity index (χ2v) is 11.1. The average molecular weight is 607 g/mol. The van der Waals surface area contributed by atoms with Gasteiger partial charge in [-0.1, -0.05) is 24.3 Å². The number of benzene rings is 3. The van der Waals surface area contributed by atoms with Crippen LogP contribution in [0.3, 0.4) is 0 Å². The summed E-state index contributed by atoms with van der Waals surface area (Å²) in [5.41, 5.74) is 1.52. The van der Waals surface area contributed by atoms with E-state index in [0.29, 0.717) is 49.2 Å². The van der Waals surface area contributed by atoms with Crippen molar-refractivity contribution in [2.75, 3.05) is 40.0 Å². The maximum Gasteiger partial charge on any atom is 0.165 e. The van der Waals surface area contributed by atoms with E-state index < -0.39 is 11.9 Å². The Hall–Kier alpha value is -3.79. The van der Waals surface area contributed by atoms with Crippen molar-refractivity contribution in [2.24, 2.45) is 11.8 Å². The van der Waals surface area contributed by atoms with Crippen molar-refractivity contribution in [1.82, 2.24) is 4.90 Å². The van der Waals surface area contributed by atoms with Crippen LogP contribution in [0.4, 0.5) is 4.39 Å². The van der Waals surface area contributed by atoms with E-state index in [4.69, 9.17) is 24.9 Å². The Balaban J connectivity index is 1.27. The number of carbonyl (C=O) groups is 2. The number of para-hydroxylation sites is 1. The molecule has 0 aliphatic carbocycles. The number of nitrogens with zero attached hydrogens (tertiary/aromatic N) is 1. The average Bonchev–Trinajstić information content (AvgIpc) is 3.56. The number of likely N-dealkylation sites (tertiary alicyclic amines) is 1. The summed E-state index contributed by atoms with van der Waals surface area (Å²) in [5.74, 6) is 7.05. The van der Waals surface area contributed by atoms with Crippen LogP contribution < -0.4 is 20.1 Å². The summed E-state index contributed by atoms with van der Waals surface area (Å²) in [6.07, 6.45) is 4.27. The summed E-state index contributed by atoms with van der Waals surface area (Å²) in [7, 11) is 1.59. The van der Waals surface area contributed by atoms with Crippen molar-refractivity contribution in [1.29, 1.82) is 0 Å². The third-order valence-electron chi connectivity index (χ3n) is 7.93. The molecule has 1 saturated heterocycles. The SMILES string of the molecule is COc1ccc(C(=O)CCCCC(=O)C[C@H](CN2CCCC2)[C@H](ON)c2ccc(OCCOc3ccccc3F)cc2)cc1. The first-order valence-electron chi connectivity index (χ1n) is 15.3. The molecule has 44 heavy (non-hydrogen) atoms. The normalized spacial score (nSPS) is 14.6. The summed E-state index contributed by atoms with van der Waals surface area (Å²) < 4.78 is 30.1. The molecule has 1 heterocycles. The lowest BCUT2D eigenvalue weighted by Crippen LogP contribution is -2.33. The molecule has 0 unspecified atom stereocenters. The summed E-state index contributed by atoms with van der Waals surface area (Å²) in [6, 6.07) is 20.8. The summed E-state index contributed by atoms with van der Waals surface area (Å²) in [5, 5.41) is 0. The molecule has 1 aliphatic rings. The van der Waals surface area contributed by atoms with E-state index in [1.807, 2.05) is 24.3 Å². The van der Waals surface area contributed by atoms with Gasteiger partial charge in [-0.15, -0.1) is 0 Å². The van der Waals surface area contributed by atoms with E-state index in [-0.39, 0.29) is 36.4 Å². The highest BCUT2D eigenvalue weighted by atomic mass is 19.1. The molecule has 8 nitrogen and oxygen atoms in total. The molecule has 2 atom stereocenters. The Morgan fingerprint density at radius 1 is 0.864 bits per heavy atom. The Labute approximate surface area is 259 Å². The number of hydrogen-bond acceptors (Lipinski definition) is 8. The Morgan fingerprint density at radius 3 is 2.20 bits per heavy atom. The van der Waals surface area contributed by atoms with E-state index in [2.05, 4.69) is 4.90 Å². The molecule has 1 fully saturated rings. The molecule has 236 valence electrons. The lowest BCUT2D eigenvalue weighted by Gasteiger charge is -2.29. The van der Waals surface area contributed by atoms with Crippen molar-refractivity contribution in [3.05, 3.63) is 89.7 Å². The Kier molecular flexibility index (Phi) is 13.2. The van der Waals surface area contributed by atoms with Gasteiger partial charge in [-0.3, -0.25) is 14.4 Å². The molecule has 0 aromatic heterocycles. The third kappa shape index (κ3) is 10.1. The van der Waals surface area contributed by atoms with Gasteiger partial charge in [0.2, 0.25) is 0 Å². The number of nitrogens with two attached hydrogens (primary N) is 1.